The Kier molecular flexibility index (Phi) is 5.60. The number of hydrogen-bond acceptors (Lipinski definition) is 4. The summed E-state index contributed by atoms with van der Waals surface area (Å²) in [4.78, 5) is -1.25. The van der Waals surface area contributed by atoms with Gasteiger partial charge in [0.05, 0.1) is 11.8 Å². The molecular formula is C15H12ClF4NO3S. The Labute approximate surface area is 146 Å². The Morgan fingerprint density at radius 3 is 2.28 bits per heavy atom. The van der Waals surface area contributed by atoms with Gasteiger partial charge in [-0.2, -0.15) is 13.2 Å². The topological polar surface area (TPSA) is 66.4 Å². The Balaban J connectivity index is 2.27. The van der Waals surface area contributed by atoms with Gasteiger partial charge in [-0.25, -0.2) is 12.8 Å². The fourth-order valence-corrected chi connectivity index (χ4v) is 3.07. The van der Waals surface area contributed by atoms with E-state index in [4.69, 9.17) is 11.6 Å². The van der Waals surface area contributed by atoms with Crippen LogP contribution in [0.5, 0.6) is 0 Å². The van der Waals surface area contributed by atoms with Crippen LogP contribution in [0.25, 0.3) is 0 Å². The van der Waals surface area contributed by atoms with E-state index in [1.807, 2.05) is 0 Å². The molecule has 0 radical (unpaired) electrons. The normalized spacial score (nSPS) is 13.5. The molecule has 2 rings (SSSR count). The molecule has 2 N–H and O–H groups in total. The first-order chi connectivity index (χ1) is 11.5. The van der Waals surface area contributed by atoms with E-state index in [0.29, 0.717) is 10.6 Å². The third-order valence-electron chi connectivity index (χ3n) is 3.28. The van der Waals surface area contributed by atoms with Gasteiger partial charge in [0.15, 0.2) is 0 Å². The SMILES string of the molecule is O=S(=O)(c1cc(F)ccc1NCC(O)c1ccc(Cl)cc1)C(F)(F)F. The first-order valence-electron chi connectivity index (χ1n) is 6.80. The van der Waals surface area contributed by atoms with Crippen LogP contribution in [0.4, 0.5) is 23.2 Å². The van der Waals surface area contributed by atoms with E-state index in [1.165, 1.54) is 24.3 Å². The van der Waals surface area contributed by atoms with E-state index in [1.54, 1.807) is 0 Å². The zero-order valence-corrected chi connectivity index (χ0v) is 14.0. The average Bonchev–Trinajstić information content (AvgIpc) is 2.53. The van der Waals surface area contributed by atoms with Crippen LogP contribution >= 0.6 is 11.6 Å². The van der Waals surface area contributed by atoms with Crippen molar-refractivity contribution in [2.75, 3.05) is 11.9 Å². The summed E-state index contributed by atoms with van der Waals surface area (Å²) in [7, 11) is -5.75. The van der Waals surface area contributed by atoms with Crippen molar-refractivity contribution in [1.29, 1.82) is 0 Å². The van der Waals surface area contributed by atoms with Crippen molar-refractivity contribution in [3.05, 3.63) is 58.9 Å². The third kappa shape index (κ3) is 4.42. The Hall–Kier alpha value is -1.84. The lowest BCUT2D eigenvalue weighted by molar-refractivity contribution is -0.0435. The van der Waals surface area contributed by atoms with Gasteiger partial charge in [-0.1, -0.05) is 23.7 Å². The number of anilines is 1. The van der Waals surface area contributed by atoms with Crippen LogP contribution in [0.3, 0.4) is 0 Å². The van der Waals surface area contributed by atoms with Crippen LogP contribution in [-0.4, -0.2) is 25.6 Å². The van der Waals surface area contributed by atoms with Crippen LogP contribution in [0.2, 0.25) is 5.02 Å². The van der Waals surface area contributed by atoms with Gasteiger partial charge in [-0.15, -0.1) is 0 Å². The van der Waals surface area contributed by atoms with Crippen LogP contribution in [-0.2, 0) is 9.84 Å². The zero-order valence-electron chi connectivity index (χ0n) is 12.4. The van der Waals surface area contributed by atoms with E-state index < -0.39 is 37.8 Å². The predicted molar refractivity (Wildman–Crippen MR) is 84.5 cm³/mol. The highest BCUT2D eigenvalue weighted by atomic mass is 35.5. The molecule has 4 nitrogen and oxygen atoms in total. The van der Waals surface area contributed by atoms with Crippen LogP contribution in [0, 0.1) is 5.82 Å². The highest BCUT2D eigenvalue weighted by molar-refractivity contribution is 7.92. The molecular weight excluding hydrogens is 386 g/mol. The number of halogens is 5. The van der Waals surface area contributed by atoms with Gasteiger partial charge < -0.3 is 10.4 Å². The molecule has 2 aromatic rings. The Morgan fingerprint density at radius 1 is 1.12 bits per heavy atom. The smallest absolute Gasteiger partial charge is 0.387 e. The molecule has 0 aliphatic heterocycles. The van der Waals surface area contributed by atoms with Crippen molar-refractivity contribution in [2.24, 2.45) is 0 Å². The van der Waals surface area contributed by atoms with Crippen molar-refractivity contribution in [2.45, 2.75) is 16.5 Å². The first-order valence-corrected chi connectivity index (χ1v) is 8.67. The highest BCUT2D eigenvalue weighted by Crippen LogP contribution is 2.35. The molecule has 0 heterocycles. The van der Waals surface area contributed by atoms with Crippen molar-refractivity contribution in [3.8, 4) is 0 Å². The third-order valence-corrected chi connectivity index (χ3v) is 5.06. The lowest BCUT2D eigenvalue weighted by Gasteiger charge is -2.17. The monoisotopic (exact) mass is 397 g/mol. The lowest BCUT2D eigenvalue weighted by atomic mass is 10.1. The van der Waals surface area contributed by atoms with Crippen LogP contribution in [0.1, 0.15) is 11.7 Å². The number of aliphatic hydroxyl groups is 1. The molecule has 0 aromatic heterocycles. The predicted octanol–water partition coefficient (Wildman–Crippen LogP) is 3.92. The molecule has 0 amide bonds. The average molecular weight is 398 g/mol. The number of benzene rings is 2. The minimum Gasteiger partial charge on any atom is -0.387 e. The van der Waals surface area contributed by atoms with Gasteiger partial charge in [0.2, 0.25) is 0 Å². The van der Waals surface area contributed by atoms with Gasteiger partial charge in [0.25, 0.3) is 9.84 Å². The number of rotatable bonds is 5. The standard InChI is InChI=1S/C15H12ClF4NO3S/c16-10-3-1-9(2-4-10)13(22)8-21-12-6-5-11(17)7-14(12)25(23,24)15(18,19)20/h1-7,13,21-22H,8H2. The fourth-order valence-electron chi connectivity index (χ4n) is 2.00. The number of alkyl halides is 3. The van der Waals surface area contributed by atoms with E-state index in [9.17, 15) is 31.1 Å². The summed E-state index contributed by atoms with van der Waals surface area (Å²) in [5, 5.41) is 12.9. The molecule has 0 fully saturated rings. The second-order valence-corrected chi connectivity index (χ2v) is 7.38. The number of nitrogens with one attached hydrogen (secondary N) is 1. The maximum Gasteiger partial charge on any atom is 0.501 e. The van der Waals surface area contributed by atoms with E-state index in [0.717, 1.165) is 12.1 Å². The lowest BCUT2D eigenvalue weighted by Crippen LogP contribution is -2.25. The van der Waals surface area contributed by atoms with Crippen molar-refractivity contribution >= 4 is 27.1 Å². The van der Waals surface area contributed by atoms with Crippen LogP contribution < -0.4 is 5.32 Å². The van der Waals surface area contributed by atoms with Gasteiger partial charge in [0.1, 0.15) is 10.7 Å². The minimum atomic E-state index is -5.75. The van der Waals surface area contributed by atoms with Gasteiger partial charge in [0, 0.05) is 11.6 Å². The molecule has 0 spiro atoms. The minimum absolute atomic E-state index is 0.278. The number of aliphatic hydroxyl groups excluding tert-OH is 1. The quantitative estimate of drug-likeness (QED) is 0.750. The second-order valence-electron chi connectivity index (χ2n) is 5.04. The van der Waals surface area contributed by atoms with Gasteiger partial charge in [-0.05, 0) is 35.9 Å². The van der Waals surface area contributed by atoms with Crippen molar-refractivity contribution in [1.82, 2.24) is 0 Å². The molecule has 0 aliphatic rings. The fraction of sp³-hybridized carbons (Fsp3) is 0.200. The summed E-state index contributed by atoms with van der Waals surface area (Å²) in [6, 6.07) is 7.99. The largest absolute Gasteiger partial charge is 0.501 e. The molecule has 1 unspecified atom stereocenters. The molecule has 10 heteroatoms. The summed E-state index contributed by atoms with van der Waals surface area (Å²) in [5.74, 6) is -1.13. The van der Waals surface area contributed by atoms with Gasteiger partial charge >= 0.3 is 5.51 Å². The summed E-state index contributed by atoms with van der Waals surface area (Å²) in [5.41, 5.74) is -5.63. The number of sulfone groups is 1. The van der Waals surface area contributed by atoms with Gasteiger partial charge in [-0.3, -0.25) is 0 Å². The molecule has 0 aliphatic carbocycles. The highest BCUT2D eigenvalue weighted by Gasteiger charge is 2.48. The summed E-state index contributed by atoms with van der Waals surface area (Å²) < 4.78 is 74.6. The molecule has 25 heavy (non-hydrogen) atoms. The maximum atomic E-state index is 13.2. The molecule has 1 atom stereocenters. The summed E-state index contributed by atoms with van der Waals surface area (Å²) in [6.45, 7) is -0.298. The van der Waals surface area contributed by atoms with E-state index in [2.05, 4.69) is 5.32 Å². The summed E-state index contributed by atoms with van der Waals surface area (Å²) >= 11 is 5.71. The second kappa shape index (κ2) is 7.19. The van der Waals surface area contributed by atoms with Crippen LogP contribution in [0.15, 0.2) is 47.4 Å². The summed E-state index contributed by atoms with van der Waals surface area (Å²) in [6.07, 6.45) is -1.15. The Morgan fingerprint density at radius 2 is 1.72 bits per heavy atom. The van der Waals surface area contributed by atoms with E-state index >= 15 is 0 Å². The molecule has 136 valence electrons. The maximum absolute atomic E-state index is 13.2. The molecule has 0 saturated heterocycles. The first kappa shape index (κ1) is 19.5. The Bertz CT molecular complexity index is 854. The van der Waals surface area contributed by atoms with Crippen molar-refractivity contribution in [3.63, 3.8) is 0 Å². The number of hydrogen-bond donors (Lipinski definition) is 2. The van der Waals surface area contributed by atoms with Crippen molar-refractivity contribution < 1.29 is 31.1 Å². The molecule has 2 aromatic carbocycles. The zero-order chi connectivity index (χ0) is 18.8. The van der Waals surface area contributed by atoms with E-state index in [-0.39, 0.29) is 12.6 Å². The molecule has 0 saturated carbocycles. The molecule has 0 bridgehead atoms.